The van der Waals surface area contributed by atoms with Gasteiger partial charge in [0.2, 0.25) is 0 Å². The quantitative estimate of drug-likeness (QED) is 0.363. The van der Waals surface area contributed by atoms with Gasteiger partial charge in [0.1, 0.15) is 23.5 Å². The molecule has 0 spiro atoms. The van der Waals surface area contributed by atoms with Crippen molar-refractivity contribution in [3.8, 4) is 17.3 Å². The summed E-state index contributed by atoms with van der Waals surface area (Å²) >= 11 is 0. The second-order valence-electron chi connectivity index (χ2n) is 8.26. The number of nitrogens with zero attached hydrogens (tertiary/aromatic N) is 4. The molecule has 5 rings (SSSR count). The van der Waals surface area contributed by atoms with E-state index in [9.17, 15) is 23.9 Å². The predicted octanol–water partition coefficient (Wildman–Crippen LogP) is 4.87. The van der Waals surface area contributed by atoms with Gasteiger partial charge in [-0.2, -0.15) is 5.26 Å². The Bertz CT molecular complexity index is 1490. The van der Waals surface area contributed by atoms with Crippen LogP contribution in [-0.4, -0.2) is 39.3 Å². The van der Waals surface area contributed by atoms with Gasteiger partial charge in [0.15, 0.2) is 0 Å². The van der Waals surface area contributed by atoms with Crippen molar-refractivity contribution in [3.63, 3.8) is 0 Å². The maximum atomic E-state index is 14.5. The first-order chi connectivity index (χ1) is 17.9. The Kier molecular flexibility index (Phi) is 7.74. The smallest absolute Gasteiger partial charge is 0.259 e. The van der Waals surface area contributed by atoms with Gasteiger partial charge in [0, 0.05) is 19.3 Å². The highest BCUT2D eigenvalue weighted by Crippen LogP contribution is 2.32. The monoisotopic (exact) mass is 504 g/mol. The summed E-state index contributed by atoms with van der Waals surface area (Å²) in [5, 5.41) is 22.4. The van der Waals surface area contributed by atoms with E-state index in [1.54, 1.807) is 12.3 Å². The van der Waals surface area contributed by atoms with Gasteiger partial charge >= 0.3 is 0 Å². The van der Waals surface area contributed by atoms with E-state index in [-0.39, 0.29) is 39.5 Å². The molecule has 0 amide bonds. The Labute approximate surface area is 212 Å². The fourth-order valence-electron chi connectivity index (χ4n) is 4.21. The number of H-pyrrole nitrogens is 1. The molecule has 190 valence electrons. The molecule has 1 saturated heterocycles. The summed E-state index contributed by atoms with van der Waals surface area (Å²) < 4.78 is 29.1. The molecule has 37 heavy (non-hydrogen) atoms. The molecular weight excluding hydrogens is 478 g/mol. The van der Waals surface area contributed by atoms with Crippen LogP contribution in [0, 0.1) is 23.0 Å². The molecule has 0 unspecified atom stereocenters. The van der Waals surface area contributed by atoms with Crippen molar-refractivity contribution in [3.05, 3.63) is 76.3 Å². The van der Waals surface area contributed by atoms with Crippen LogP contribution in [-0.2, 0) is 0 Å². The molecule has 1 aliphatic rings. The van der Waals surface area contributed by atoms with Crippen molar-refractivity contribution < 1.29 is 13.9 Å². The van der Waals surface area contributed by atoms with E-state index in [4.69, 9.17) is 0 Å². The van der Waals surface area contributed by atoms with E-state index < -0.39 is 17.2 Å². The van der Waals surface area contributed by atoms with Gasteiger partial charge in [0.25, 0.3) is 5.56 Å². The number of aliphatic hydroxyl groups excluding tert-OH is 1. The number of anilines is 3. The molecule has 0 bridgehead atoms. The Hall–Kier alpha value is -4.36. The van der Waals surface area contributed by atoms with E-state index in [0.717, 1.165) is 17.8 Å². The number of hydrogen-bond acceptors (Lipinski definition) is 7. The van der Waals surface area contributed by atoms with Crippen LogP contribution in [0.25, 0.3) is 22.2 Å². The largest absolute Gasteiger partial charge is 0.393 e. The predicted molar refractivity (Wildman–Crippen MR) is 139 cm³/mol. The summed E-state index contributed by atoms with van der Waals surface area (Å²) in [5.74, 6) is -1.25. The Morgan fingerprint density at radius 3 is 2.49 bits per heavy atom. The van der Waals surface area contributed by atoms with Crippen LogP contribution >= 0.6 is 0 Å². The molecule has 0 saturated carbocycles. The SMILES string of the molecule is CC.N#Cc1c[nH]c(=O)c2c(Nc3ccc(N4CCC(O)CC4)cn3)cc(-c3c(F)cccc3F)nc12. The molecule has 0 aliphatic carbocycles. The fourth-order valence-corrected chi connectivity index (χ4v) is 4.21. The summed E-state index contributed by atoms with van der Waals surface area (Å²) in [6.45, 7) is 5.43. The fraction of sp³-hybridized carbons (Fsp3) is 0.259. The van der Waals surface area contributed by atoms with Gasteiger partial charge in [-0.05, 0) is 43.2 Å². The number of rotatable bonds is 4. The topological polar surface area (TPSA) is 118 Å². The number of halogens is 2. The summed E-state index contributed by atoms with van der Waals surface area (Å²) in [5.41, 5.74) is 0.212. The van der Waals surface area contributed by atoms with Gasteiger partial charge < -0.3 is 20.3 Å². The average Bonchev–Trinajstić information content (AvgIpc) is 2.91. The normalized spacial score (nSPS) is 13.6. The summed E-state index contributed by atoms with van der Waals surface area (Å²) in [6, 6.07) is 10.4. The van der Waals surface area contributed by atoms with E-state index in [1.807, 2.05) is 26.0 Å². The Morgan fingerprint density at radius 2 is 1.86 bits per heavy atom. The number of nitrogens with one attached hydrogen (secondary N) is 2. The maximum Gasteiger partial charge on any atom is 0.259 e. The van der Waals surface area contributed by atoms with E-state index >= 15 is 0 Å². The van der Waals surface area contributed by atoms with Gasteiger partial charge in [-0.1, -0.05) is 19.9 Å². The molecule has 10 heteroatoms. The Balaban J connectivity index is 0.00000156. The number of hydrogen-bond donors (Lipinski definition) is 3. The van der Waals surface area contributed by atoms with Crippen LogP contribution in [0.5, 0.6) is 0 Å². The van der Waals surface area contributed by atoms with Gasteiger partial charge in [0.05, 0.1) is 51.4 Å². The number of benzene rings is 1. The number of nitriles is 1. The minimum Gasteiger partial charge on any atom is -0.393 e. The van der Waals surface area contributed by atoms with Crippen LogP contribution in [0.2, 0.25) is 0 Å². The second kappa shape index (κ2) is 11.1. The summed E-state index contributed by atoms with van der Waals surface area (Å²) in [7, 11) is 0. The van der Waals surface area contributed by atoms with Crippen LogP contribution in [0.15, 0.2) is 53.6 Å². The first kappa shape index (κ1) is 25.7. The highest BCUT2D eigenvalue weighted by atomic mass is 19.1. The first-order valence-corrected chi connectivity index (χ1v) is 12.0. The lowest BCUT2D eigenvalue weighted by Gasteiger charge is -2.31. The van der Waals surface area contributed by atoms with Crippen molar-refractivity contribution in [1.82, 2.24) is 15.0 Å². The lowest BCUT2D eigenvalue weighted by Crippen LogP contribution is -2.35. The number of piperidine rings is 1. The maximum absolute atomic E-state index is 14.5. The molecule has 8 nitrogen and oxygen atoms in total. The molecule has 1 aliphatic heterocycles. The number of fused-ring (bicyclic) bond motifs is 1. The van der Waals surface area contributed by atoms with Gasteiger partial charge in [-0.25, -0.2) is 18.7 Å². The molecule has 0 atom stereocenters. The highest BCUT2D eigenvalue weighted by molar-refractivity contribution is 5.97. The van der Waals surface area contributed by atoms with Crippen molar-refractivity contribution >= 4 is 28.1 Å². The number of aromatic amines is 1. The number of aliphatic hydroxyl groups is 1. The van der Waals surface area contributed by atoms with Crippen LogP contribution in [0.4, 0.5) is 26.0 Å². The molecule has 4 aromatic rings. The lowest BCUT2D eigenvalue weighted by atomic mass is 10.1. The number of pyridine rings is 3. The van der Waals surface area contributed by atoms with Crippen LogP contribution in [0.1, 0.15) is 32.3 Å². The molecule has 0 radical (unpaired) electrons. The van der Waals surface area contributed by atoms with E-state index in [1.165, 1.54) is 18.3 Å². The molecule has 1 aromatic carbocycles. The second-order valence-corrected chi connectivity index (χ2v) is 8.26. The molecular formula is C27H26F2N6O2. The van der Waals surface area contributed by atoms with Crippen LogP contribution < -0.4 is 15.8 Å². The van der Waals surface area contributed by atoms with E-state index in [0.29, 0.717) is 31.7 Å². The molecule has 4 heterocycles. The van der Waals surface area contributed by atoms with Crippen molar-refractivity contribution in [2.45, 2.75) is 32.8 Å². The standard InChI is InChI=1S/C25H20F2N6O2.C2H6/c26-17-2-1-3-18(27)22(17)19-10-20(23-24(32-19)14(11-28)12-30-25(23)35)31-21-5-4-15(13-29-21)33-8-6-16(34)7-9-33;1-2/h1-5,10,12-13,16,34H,6-9H2,(H,30,35)(H,29,31,32);1-2H3. The van der Waals surface area contributed by atoms with Crippen molar-refractivity contribution in [1.29, 1.82) is 5.26 Å². The zero-order valence-electron chi connectivity index (χ0n) is 20.4. The minimum atomic E-state index is -0.819. The lowest BCUT2D eigenvalue weighted by molar-refractivity contribution is 0.145. The average molecular weight is 505 g/mol. The number of aromatic nitrogens is 3. The summed E-state index contributed by atoms with van der Waals surface area (Å²) in [4.78, 5) is 26.0. The van der Waals surface area contributed by atoms with Crippen molar-refractivity contribution in [2.24, 2.45) is 0 Å². The van der Waals surface area contributed by atoms with Crippen molar-refractivity contribution in [2.75, 3.05) is 23.3 Å². The highest BCUT2D eigenvalue weighted by Gasteiger charge is 2.20. The third-order valence-corrected chi connectivity index (χ3v) is 6.03. The third-order valence-electron chi connectivity index (χ3n) is 6.03. The zero-order chi connectivity index (χ0) is 26.5. The van der Waals surface area contributed by atoms with Gasteiger partial charge in [-0.3, -0.25) is 4.79 Å². The van der Waals surface area contributed by atoms with E-state index in [2.05, 4.69) is 25.2 Å². The summed E-state index contributed by atoms with van der Waals surface area (Å²) in [6.07, 6.45) is 3.97. The zero-order valence-corrected chi connectivity index (χ0v) is 20.4. The molecule has 3 N–H and O–H groups in total. The van der Waals surface area contributed by atoms with Crippen LogP contribution in [0.3, 0.4) is 0 Å². The Morgan fingerprint density at radius 1 is 1.16 bits per heavy atom. The molecule has 3 aromatic heterocycles. The van der Waals surface area contributed by atoms with Gasteiger partial charge in [-0.15, -0.1) is 0 Å². The first-order valence-electron chi connectivity index (χ1n) is 12.0. The minimum absolute atomic E-state index is 0.0161. The molecule has 1 fully saturated rings. The third kappa shape index (κ3) is 5.27.